The predicted molar refractivity (Wildman–Crippen MR) is 68.7 cm³/mol. The summed E-state index contributed by atoms with van der Waals surface area (Å²) in [6, 6.07) is 0. The lowest BCUT2D eigenvalue weighted by molar-refractivity contribution is -0.328. The van der Waals surface area contributed by atoms with Crippen LogP contribution in [0.1, 0.15) is 0 Å². The average molecular weight is 342 g/mol. The standard InChI is InChI=1S/C12H22O11/c13-1-3-5(15)7(17)8(18)9(22-3)11(20)12(21)10(19)6(16)4(2-14)23-12/h3-11,13-21H,1-2H2/t3-,4-,5-,6-,7+,8-,9?,10+,11?,12+/m1/s1. The lowest BCUT2D eigenvalue weighted by Crippen LogP contribution is -2.67. The number of rotatable bonds is 4. The van der Waals surface area contributed by atoms with Gasteiger partial charge in [-0.1, -0.05) is 0 Å². The highest BCUT2D eigenvalue weighted by molar-refractivity contribution is 5.05. The van der Waals surface area contributed by atoms with Crippen LogP contribution in [0, 0.1) is 0 Å². The van der Waals surface area contributed by atoms with E-state index in [2.05, 4.69) is 0 Å². The molecule has 11 nitrogen and oxygen atoms in total. The van der Waals surface area contributed by atoms with E-state index in [4.69, 9.17) is 19.7 Å². The topological polar surface area (TPSA) is 201 Å². The fraction of sp³-hybridized carbons (Fsp3) is 1.00. The molecule has 2 rings (SSSR count). The lowest BCUT2D eigenvalue weighted by Gasteiger charge is -2.45. The third-order valence-corrected chi connectivity index (χ3v) is 4.31. The fourth-order valence-corrected chi connectivity index (χ4v) is 2.85. The molecule has 2 aliphatic rings. The minimum Gasteiger partial charge on any atom is -0.394 e. The monoisotopic (exact) mass is 342 g/mol. The van der Waals surface area contributed by atoms with E-state index < -0.39 is 73.9 Å². The average Bonchev–Trinajstić information content (AvgIpc) is 2.77. The molecule has 0 saturated carbocycles. The van der Waals surface area contributed by atoms with Gasteiger partial charge in [-0.2, -0.15) is 0 Å². The van der Waals surface area contributed by atoms with Crippen LogP contribution in [0.2, 0.25) is 0 Å². The molecular formula is C12H22O11. The van der Waals surface area contributed by atoms with Crippen molar-refractivity contribution in [2.45, 2.75) is 60.7 Å². The van der Waals surface area contributed by atoms with Crippen LogP contribution < -0.4 is 0 Å². The highest BCUT2D eigenvalue weighted by Crippen LogP contribution is 2.36. The molecule has 136 valence electrons. The first kappa shape index (κ1) is 18.9. The van der Waals surface area contributed by atoms with Crippen LogP contribution in [0.15, 0.2) is 0 Å². The molecule has 0 aromatic carbocycles. The van der Waals surface area contributed by atoms with Crippen molar-refractivity contribution in [1.82, 2.24) is 0 Å². The number of hydrogen-bond acceptors (Lipinski definition) is 11. The first-order valence-corrected chi connectivity index (χ1v) is 7.04. The Morgan fingerprint density at radius 2 is 1.39 bits per heavy atom. The Hall–Kier alpha value is -0.440. The third-order valence-electron chi connectivity index (χ3n) is 4.31. The van der Waals surface area contributed by atoms with E-state index in [0.717, 1.165) is 0 Å². The zero-order valence-electron chi connectivity index (χ0n) is 12.0. The van der Waals surface area contributed by atoms with E-state index in [9.17, 15) is 35.7 Å². The third kappa shape index (κ3) is 2.99. The minimum absolute atomic E-state index is 0.752. The van der Waals surface area contributed by atoms with Crippen molar-refractivity contribution in [2.75, 3.05) is 13.2 Å². The van der Waals surface area contributed by atoms with Crippen LogP contribution in [0.4, 0.5) is 0 Å². The van der Waals surface area contributed by atoms with Crippen molar-refractivity contribution in [1.29, 1.82) is 0 Å². The number of hydrogen-bond donors (Lipinski definition) is 9. The SMILES string of the molecule is OC[C@H]1O[C@](O)(C(O)C2O[C@H](CO)[C@@H](O)[C@H](O)[C@H]2O)[C@@H](O)[C@@H]1O. The van der Waals surface area contributed by atoms with Gasteiger partial charge in [0.1, 0.15) is 54.9 Å². The molecule has 11 heteroatoms. The van der Waals surface area contributed by atoms with Crippen LogP contribution in [-0.4, -0.2) is 120 Å². The summed E-state index contributed by atoms with van der Waals surface area (Å²) in [7, 11) is 0. The van der Waals surface area contributed by atoms with Gasteiger partial charge in [-0.25, -0.2) is 0 Å². The summed E-state index contributed by atoms with van der Waals surface area (Å²) < 4.78 is 9.94. The summed E-state index contributed by atoms with van der Waals surface area (Å²) >= 11 is 0. The van der Waals surface area contributed by atoms with Crippen molar-refractivity contribution < 1.29 is 55.4 Å². The van der Waals surface area contributed by atoms with Crippen molar-refractivity contribution in [3.63, 3.8) is 0 Å². The number of ether oxygens (including phenoxy) is 2. The van der Waals surface area contributed by atoms with E-state index in [-0.39, 0.29) is 0 Å². The molecule has 0 spiro atoms. The zero-order valence-corrected chi connectivity index (χ0v) is 12.0. The van der Waals surface area contributed by atoms with Crippen LogP contribution in [-0.2, 0) is 9.47 Å². The van der Waals surface area contributed by atoms with Crippen LogP contribution in [0.25, 0.3) is 0 Å². The number of aliphatic hydroxyl groups excluding tert-OH is 8. The van der Waals surface area contributed by atoms with E-state index in [1.807, 2.05) is 0 Å². The van der Waals surface area contributed by atoms with Gasteiger partial charge in [0.25, 0.3) is 0 Å². The second kappa shape index (κ2) is 6.82. The summed E-state index contributed by atoms with van der Waals surface area (Å²) in [4.78, 5) is 0. The smallest absolute Gasteiger partial charge is 0.224 e. The second-order valence-corrected chi connectivity index (χ2v) is 5.76. The Bertz CT molecular complexity index is 406. The maximum absolute atomic E-state index is 10.3. The molecule has 2 fully saturated rings. The molecule has 9 N–H and O–H groups in total. The normalized spacial score (nSPS) is 52.6. The van der Waals surface area contributed by atoms with Crippen molar-refractivity contribution >= 4 is 0 Å². The Labute approximate surface area is 130 Å². The van der Waals surface area contributed by atoms with Gasteiger partial charge < -0.3 is 55.4 Å². The molecule has 2 unspecified atom stereocenters. The summed E-state index contributed by atoms with van der Waals surface area (Å²) in [5.41, 5.74) is 0. The molecule has 2 saturated heterocycles. The molecule has 0 aliphatic carbocycles. The van der Waals surface area contributed by atoms with E-state index >= 15 is 0 Å². The zero-order chi connectivity index (χ0) is 17.5. The first-order valence-electron chi connectivity index (χ1n) is 7.04. The highest BCUT2D eigenvalue weighted by Gasteiger charge is 2.61. The molecule has 0 bridgehead atoms. The minimum atomic E-state index is -2.81. The van der Waals surface area contributed by atoms with Crippen LogP contribution >= 0.6 is 0 Å². The second-order valence-electron chi connectivity index (χ2n) is 5.76. The molecule has 2 heterocycles. The van der Waals surface area contributed by atoms with Gasteiger partial charge in [0.2, 0.25) is 5.79 Å². The van der Waals surface area contributed by atoms with E-state index in [0.29, 0.717) is 0 Å². The van der Waals surface area contributed by atoms with Crippen LogP contribution in [0.3, 0.4) is 0 Å². The van der Waals surface area contributed by atoms with E-state index in [1.54, 1.807) is 0 Å². The summed E-state index contributed by atoms with van der Waals surface area (Å²) in [5, 5.41) is 87.4. The predicted octanol–water partition coefficient (Wildman–Crippen LogP) is -6.01. The molecule has 10 atom stereocenters. The molecule has 0 amide bonds. The van der Waals surface area contributed by atoms with Gasteiger partial charge in [-0.3, -0.25) is 0 Å². The number of aliphatic hydroxyl groups is 9. The molecule has 0 radical (unpaired) electrons. The van der Waals surface area contributed by atoms with Gasteiger partial charge in [0.15, 0.2) is 0 Å². The molecule has 0 aromatic heterocycles. The lowest BCUT2D eigenvalue weighted by atomic mass is 9.87. The highest BCUT2D eigenvalue weighted by atomic mass is 16.7. The molecule has 0 aromatic rings. The molecular weight excluding hydrogens is 320 g/mol. The summed E-state index contributed by atoms with van der Waals surface area (Å²) in [5.74, 6) is -2.81. The van der Waals surface area contributed by atoms with Crippen LogP contribution in [0.5, 0.6) is 0 Å². The van der Waals surface area contributed by atoms with Crippen molar-refractivity contribution in [3.05, 3.63) is 0 Å². The van der Waals surface area contributed by atoms with Gasteiger partial charge in [-0.15, -0.1) is 0 Å². The Balaban J connectivity index is 2.23. The van der Waals surface area contributed by atoms with Crippen molar-refractivity contribution in [3.8, 4) is 0 Å². The Morgan fingerprint density at radius 3 is 1.87 bits per heavy atom. The first-order chi connectivity index (χ1) is 10.7. The van der Waals surface area contributed by atoms with Gasteiger partial charge >= 0.3 is 0 Å². The quantitative estimate of drug-likeness (QED) is 0.235. The summed E-state index contributed by atoms with van der Waals surface area (Å²) in [6.07, 6.45) is -15.8. The van der Waals surface area contributed by atoms with Gasteiger partial charge in [0, 0.05) is 0 Å². The maximum atomic E-state index is 10.3. The maximum Gasteiger partial charge on any atom is 0.224 e. The Morgan fingerprint density at radius 1 is 0.826 bits per heavy atom. The molecule has 2 aliphatic heterocycles. The van der Waals surface area contributed by atoms with Gasteiger partial charge in [0.05, 0.1) is 13.2 Å². The Kier molecular flexibility index (Phi) is 5.60. The van der Waals surface area contributed by atoms with E-state index in [1.165, 1.54) is 0 Å². The van der Waals surface area contributed by atoms with Crippen molar-refractivity contribution in [2.24, 2.45) is 0 Å². The summed E-state index contributed by atoms with van der Waals surface area (Å²) in [6.45, 7) is -1.51. The largest absolute Gasteiger partial charge is 0.394 e. The van der Waals surface area contributed by atoms with Gasteiger partial charge in [-0.05, 0) is 0 Å². The fourth-order valence-electron chi connectivity index (χ4n) is 2.85. The molecule has 23 heavy (non-hydrogen) atoms.